The van der Waals surface area contributed by atoms with E-state index in [4.69, 9.17) is 10.5 Å². The Labute approximate surface area is 110 Å². The smallest absolute Gasteiger partial charge is 0.374 e. The van der Waals surface area contributed by atoms with Gasteiger partial charge in [0.25, 0.3) is 0 Å². The zero-order valence-electron chi connectivity index (χ0n) is 10.7. The molecule has 2 unspecified atom stereocenters. The van der Waals surface area contributed by atoms with Crippen LogP contribution >= 0.6 is 0 Å². The van der Waals surface area contributed by atoms with E-state index in [1.54, 1.807) is 0 Å². The predicted molar refractivity (Wildman–Crippen MR) is 65.6 cm³/mol. The van der Waals surface area contributed by atoms with E-state index in [0.29, 0.717) is 13.2 Å². The highest BCUT2D eigenvalue weighted by Gasteiger charge is 2.33. The van der Waals surface area contributed by atoms with Gasteiger partial charge in [0.1, 0.15) is 0 Å². The minimum Gasteiger partial charge on any atom is -0.374 e. The van der Waals surface area contributed by atoms with Gasteiger partial charge in [0.2, 0.25) is 0 Å². The third kappa shape index (κ3) is 3.08. The van der Waals surface area contributed by atoms with Crippen LogP contribution < -0.4 is 5.73 Å². The summed E-state index contributed by atoms with van der Waals surface area (Å²) in [6.45, 7) is 1.67. The summed E-state index contributed by atoms with van der Waals surface area (Å²) in [7, 11) is 1.92. The van der Waals surface area contributed by atoms with Crippen molar-refractivity contribution in [2.75, 3.05) is 26.7 Å². The number of likely N-dealkylation sites (N-methyl/N-ethyl adjacent to an activating group) is 1. The first-order chi connectivity index (χ1) is 8.93. The van der Waals surface area contributed by atoms with E-state index < -0.39 is 11.7 Å². The van der Waals surface area contributed by atoms with Crippen molar-refractivity contribution < 1.29 is 17.9 Å². The van der Waals surface area contributed by atoms with E-state index in [0.717, 1.165) is 24.2 Å². The normalized spacial score (nSPS) is 25.5. The number of ether oxygens (including phenoxy) is 1. The number of morpholine rings is 1. The summed E-state index contributed by atoms with van der Waals surface area (Å²) in [4.78, 5) is 2.06. The molecule has 1 aliphatic rings. The summed E-state index contributed by atoms with van der Waals surface area (Å²) in [5.74, 6) is 0. The zero-order valence-corrected chi connectivity index (χ0v) is 10.7. The van der Waals surface area contributed by atoms with Crippen molar-refractivity contribution in [3.63, 3.8) is 0 Å². The second-order valence-electron chi connectivity index (χ2n) is 4.69. The van der Waals surface area contributed by atoms with E-state index >= 15 is 0 Å². The Morgan fingerprint density at radius 3 is 2.47 bits per heavy atom. The summed E-state index contributed by atoms with van der Waals surface area (Å²) in [5, 5.41) is 0. The number of nitrogens with two attached hydrogens (primary N) is 1. The van der Waals surface area contributed by atoms with Gasteiger partial charge in [-0.1, -0.05) is 12.1 Å². The highest BCUT2D eigenvalue weighted by Crippen LogP contribution is 2.32. The van der Waals surface area contributed by atoms with Gasteiger partial charge in [-0.2, -0.15) is 13.2 Å². The molecule has 0 amide bonds. The number of rotatable bonds is 2. The van der Waals surface area contributed by atoms with Gasteiger partial charge in [0.15, 0.2) is 0 Å². The molecule has 1 saturated heterocycles. The molecule has 2 N–H and O–H groups in total. The Bertz CT molecular complexity index is 419. The molecule has 19 heavy (non-hydrogen) atoms. The molecule has 0 radical (unpaired) electrons. The number of hydrogen-bond donors (Lipinski definition) is 1. The third-order valence-electron chi connectivity index (χ3n) is 3.41. The molecule has 106 valence electrons. The topological polar surface area (TPSA) is 38.5 Å². The molecule has 0 bridgehead atoms. The highest BCUT2D eigenvalue weighted by atomic mass is 19.4. The molecule has 2 atom stereocenters. The molecule has 1 heterocycles. The first kappa shape index (κ1) is 14.3. The fourth-order valence-corrected chi connectivity index (χ4v) is 2.40. The lowest BCUT2D eigenvalue weighted by Crippen LogP contribution is -2.46. The maximum absolute atomic E-state index is 12.5. The van der Waals surface area contributed by atoms with Gasteiger partial charge < -0.3 is 10.5 Å². The first-order valence-corrected chi connectivity index (χ1v) is 6.12. The largest absolute Gasteiger partial charge is 0.416 e. The van der Waals surface area contributed by atoms with Crippen LogP contribution in [0.15, 0.2) is 24.3 Å². The summed E-state index contributed by atoms with van der Waals surface area (Å²) >= 11 is 0. The van der Waals surface area contributed by atoms with E-state index in [-0.39, 0.29) is 12.1 Å². The lowest BCUT2D eigenvalue weighted by Gasteiger charge is -2.39. The molecular weight excluding hydrogens is 257 g/mol. The average Bonchev–Trinajstić information content (AvgIpc) is 2.37. The maximum atomic E-state index is 12.5. The van der Waals surface area contributed by atoms with Crippen molar-refractivity contribution in [1.29, 1.82) is 0 Å². The number of hydrogen-bond acceptors (Lipinski definition) is 3. The van der Waals surface area contributed by atoms with Crippen LogP contribution in [0.3, 0.4) is 0 Å². The molecule has 0 saturated carbocycles. The quantitative estimate of drug-likeness (QED) is 0.897. The van der Waals surface area contributed by atoms with Gasteiger partial charge in [-0.15, -0.1) is 0 Å². The lowest BCUT2D eigenvalue weighted by atomic mass is 9.97. The van der Waals surface area contributed by atoms with Crippen molar-refractivity contribution in [2.45, 2.75) is 18.3 Å². The first-order valence-electron chi connectivity index (χ1n) is 6.12. The van der Waals surface area contributed by atoms with E-state index in [2.05, 4.69) is 4.90 Å². The Balaban J connectivity index is 2.24. The molecule has 0 spiro atoms. The lowest BCUT2D eigenvalue weighted by molar-refractivity contribution is -0.137. The molecule has 6 heteroatoms. The molecule has 1 aromatic rings. The maximum Gasteiger partial charge on any atom is 0.416 e. The standard InChI is InChI=1S/C13H17F3N2O/c1-18-6-7-19-11(8-17)12(18)9-2-4-10(5-3-9)13(14,15)16/h2-5,11-12H,6-8,17H2,1H3. The molecule has 3 nitrogen and oxygen atoms in total. The van der Waals surface area contributed by atoms with Gasteiger partial charge in [0.05, 0.1) is 24.3 Å². The van der Waals surface area contributed by atoms with Crippen molar-refractivity contribution in [1.82, 2.24) is 4.90 Å². The summed E-state index contributed by atoms with van der Waals surface area (Å²) < 4.78 is 43.2. The molecular formula is C13H17F3N2O. The van der Waals surface area contributed by atoms with Crippen LogP contribution in [0.5, 0.6) is 0 Å². The molecule has 0 aromatic heterocycles. The zero-order chi connectivity index (χ0) is 14.0. The van der Waals surface area contributed by atoms with Gasteiger partial charge >= 0.3 is 6.18 Å². The molecule has 2 rings (SSSR count). The van der Waals surface area contributed by atoms with E-state index in [9.17, 15) is 13.2 Å². The Hall–Kier alpha value is -1.11. The van der Waals surface area contributed by atoms with Crippen molar-refractivity contribution in [2.24, 2.45) is 5.73 Å². The van der Waals surface area contributed by atoms with E-state index in [1.165, 1.54) is 12.1 Å². The van der Waals surface area contributed by atoms with Crippen LogP contribution in [0, 0.1) is 0 Å². The number of nitrogens with zero attached hydrogens (tertiary/aromatic N) is 1. The fourth-order valence-electron chi connectivity index (χ4n) is 2.40. The van der Waals surface area contributed by atoms with Gasteiger partial charge in [-0.25, -0.2) is 0 Å². The van der Waals surface area contributed by atoms with Crippen LogP contribution in [-0.2, 0) is 10.9 Å². The molecule has 1 aliphatic heterocycles. The summed E-state index contributed by atoms with van der Waals surface area (Å²) in [6.07, 6.45) is -4.49. The van der Waals surface area contributed by atoms with Gasteiger partial charge in [-0.05, 0) is 24.7 Å². The van der Waals surface area contributed by atoms with Crippen LogP contribution in [0.4, 0.5) is 13.2 Å². The average molecular weight is 274 g/mol. The van der Waals surface area contributed by atoms with Crippen molar-refractivity contribution in [3.8, 4) is 0 Å². The number of halogens is 3. The SMILES string of the molecule is CN1CCOC(CN)C1c1ccc(C(F)(F)F)cc1. The van der Waals surface area contributed by atoms with Crippen LogP contribution in [0.25, 0.3) is 0 Å². The number of benzene rings is 1. The summed E-state index contributed by atoms with van der Waals surface area (Å²) in [6, 6.07) is 5.11. The number of alkyl halides is 3. The fraction of sp³-hybridized carbons (Fsp3) is 0.538. The summed E-state index contributed by atoms with van der Waals surface area (Å²) in [5.41, 5.74) is 5.82. The molecule has 1 aromatic carbocycles. The highest BCUT2D eigenvalue weighted by molar-refractivity contribution is 5.28. The Kier molecular flexibility index (Phi) is 4.13. The third-order valence-corrected chi connectivity index (χ3v) is 3.41. The minimum atomic E-state index is -4.30. The van der Waals surface area contributed by atoms with Crippen LogP contribution in [0.1, 0.15) is 17.2 Å². The Morgan fingerprint density at radius 1 is 1.32 bits per heavy atom. The minimum absolute atomic E-state index is 0.0963. The van der Waals surface area contributed by atoms with Crippen LogP contribution in [-0.4, -0.2) is 37.7 Å². The second kappa shape index (κ2) is 5.48. The Morgan fingerprint density at radius 2 is 1.95 bits per heavy atom. The van der Waals surface area contributed by atoms with Gasteiger partial charge in [-0.3, -0.25) is 4.90 Å². The second-order valence-corrected chi connectivity index (χ2v) is 4.69. The van der Waals surface area contributed by atoms with Crippen molar-refractivity contribution >= 4 is 0 Å². The molecule has 1 fully saturated rings. The molecule has 0 aliphatic carbocycles. The van der Waals surface area contributed by atoms with Gasteiger partial charge in [0, 0.05) is 13.1 Å². The predicted octanol–water partition coefficient (Wildman–Crippen LogP) is 2.04. The monoisotopic (exact) mass is 274 g/mol. The van der Waals surface area contributed by atoms with Crippen molar-refractivity contribution in [3.05, 3.63) is 35.4 Å². The van der Waals surface area contributed by atoms with Crippen LogP contribution in [0.2, 0.25) is 0 Å². The van der Waals surface area contributed by atoms with E-state index in [1.807, 2.05) is 7.05 Å².